The van der Waals surface area contributed by atoms with E-state index >= 15 is 0 Å². The third-order valence-corrected chi connectivity index (χ3v) is 4.71. The second kappa shape index (κ2) is 5.55. The average Bonchev–Trinajstić information content (AvgIpc) is 3.17. The number of hydrogen-bond acceptors (Lipinski definition) is 7. The molecule has 1 saturated carbocycles. The standard InChI is InChI=1S/C16H19N7O/c1-2-12(1)16-19-18-15(24-16)11-21-7-9-22(10-8-21)14-4-3-13-17-5-6-23(13)20-14/h3-6,12H,1-2,7-11H2. The highest BCUT2D eigenvalue weighted by atomic mass is 16.4. The van der Waals surface area contributed by atoms with Crippen LogP contribution in [0.5, 0.6) is 0 Å². The van der Waals surface area contributed by atoms with Gasteiger partial charge < -0.3 is 9.32 Å². The summed E-state index contributed by atoms with van der Waals surface area (Å²) < 4.78 is 7.58. The average molecular weight is 325 g/mol. The topological polar surface area (TPSA) is 75.6 Å². The molecule has 8 nitrogen and oxygen atoms in total. The van der Waals surface area contributed by atoms with E-state index in [9.17, 15) is 0 Å². The first-order valence-electron chi connectivity index (χ1n) is 8.45. The van der Waals surface area contributed by atoms with E-state index < -0.39 is 0 Å². The van der Waals surface area contributed by atoms with Crippen molar-refractivity contribution in [3.63, 3.8) is 0 Å². The Balaban J connectivity index is 1.21. The predicted molar refractivity (Wildman–Crippen MR) is 86.8 cm³/mol. The minimum Gasteiger partial charge on any atom is -0.424 e. The third kappa shape index (κ3) is 2.62. The molecular weight excluding hydrogens is 306 g/mol. The molecule has 0 spiro atoms. The van der Waals surface area contributed by atoms with E-state index in [0.717, 1.165) is 56.0 Å². The lowest BCUT2D eigenvalue weighted by molar-refractivity contribution is 0.223. The lowest BCUT2D eigenvalue weighted by atomic mass is 10.3. The van der Waals surface area contributed by atoms with Crippen LogP contribution in [0, 0.1) is 0 Å². The maximum Gasteiger partial charge on any atom is 0.230 e. The van der Waals surface area contributed by atoms with Crippen molar-refractivity contribution in [3.8, 4) is 0 Å². The predicted octanol–water partition coefficient (Wildman–Crippen LogP) is 1.31. The van der Waals surface area contributed by atoms with Crippen molar-refractivity contribution in [2.45, 2.75) is 25.3 Å². The Morgan fingerprint density at radius 2 is 1.96 bits per heavy atom. The first kappa shape index (κ1) is 13.9. The largest absolute Gasteiger partial charge is 0.424 e. The van der Waals surface area contributed by atoms with Crippen LogP contribution in [0.25, 0.3) is 5.65 Å². The molecule has 8 heteroatoms. The smallest absolute Gasteiger partial charge is 0.230 e. The number of rotatable bonds is 4. The van der Waals surface area contributed by atoms with E-state index in [-0.39, 0.29) is 0 Å². The molecule has 0 N–H and O–H groups in total. The maximum absolute atomic E-state index is 5.76. The first-order chi connectivity index (χ1) is 11.8. The van der Waals surface area contributed by atoms with Gasteiger partial charge in [-0.05, 0) is 25.0 Å². The summed E-state index contributed by atoms with van der Waals surface area (Å²) in [4.78, 5) is 8.90. The monoisotopic (exact) mass is 325 g/mol. The van der Waals surface area contributed by atoms with Crippen molar-refractivity contribution in [1.82, 2.24) is 29.7 Å². The fourth-order valence-corrected chi connectivity index (χ4v) is 3.13. The Bertz CT molecular complexity index is 845. The van der Waals surface area contributed by atoms with Gasteiger partial charge in [0.05, 0.1) is 6.54 Å². The molecule has 3 aromatic heterocycles. The zero-order chi connectivity index (χ0) is 15.9. The van der Waals surface area contributed by atoms with E-state index in [2.05, 4.69) is 30.1 Å². The molecule has 0 amide bonds. The molecule has 2 fully saturated rings. The summed E-state index contributed by atoms with van der Waals surface area (Å²) in [6.07, 6.45) is 6.02. The highest BCUT2D eigenvalue weighted by molar-refractivity contribution is 5.46. The van der Waals surface area contributed by atoms with Crippen molar-refractivity contribution in [2.24, 2.45) is 0 Å². The van der Waals surface area contributed by atoms with Crippen molar-refractivity contribution in [1.29, 1.82) is 0 Å². The van der Waals surface area contributed by atoms with Gasteiger partial charge in [-0.1, -0.05) is 0 Å². The van der Waals surface area contributed by atoms with Crippen LogP contribution in [0.2, 0.25) is 0 Å². The highest BCUT2D eigenvalue weighted by Gasteiger charge is 2.29. The molecule has 24 heavy (non-hydrogen) atoms. The van der Waals surface area contributed by atoms with E-state index in [1.165, 1.54) is 12.8 Å². The number of anilines is 1. The van der Waals surface area contributed by atoms with Crippen LogP contribution in [0.3, 0.4) is 0 Å². The van der Waals surface area contributed by atoms with Crippen LogP contribution in [-0.2, 0) is 6.54 Å². The van der Waals surface area contributed by atoms with Crippen LogP contribution >= 0.6 is 0 Å². The van der Waals surface area contributed by atoms with Crippen molar-refractivity contribution in [2.75, 3.05) is 31.1 Å². The minimum atomic E-state index is 0.521. The second-order valence-corrected chi connectivity index (χ2v) is 6.49. The fourth-order valence-electron chi connectivity index (χ4n) is 3.13. The van der Waals surface area contributed by atoms with Crippen molar-refractivity contribution in [3.05, 3.63) is 36.3 Å². The first-order valence-corrected chi connectivity index (χ1v) is 8.45. The number of aromatic nitrogens is 5. The Kier molecular flexibility index (Phi) is 3.22. The molecular formula is C16H19N7O. The van der Waals surface area contributed by atoms with E-state index in [1.54, 1.807) is 6.20 Å². The van der Waals surface area contributed by atoms with E-state index in [1.807, 2.05) is 22.8 Å². The second-order valence-electron chi connectivity index (χ2n) is 6.49. The molecule has 1 aliphatic heterocycles. The molecule has 0 aromatic carbocycles. The van der Waals surface area contributed by atoms with Gasteiger partial charge in [0.15, 0.2) is 5.65 Å². The number of nitrogens with zero attached hydrogens (tertiary/aromatic N) is 7. The van der Waals surface area contributed by atoms with Crippen molar-refractivity contribution >= 4 is 11.5 Å². The van der Waals surface area contributed by atoms with Gasteiger partial charge in [0.1, 0.15) is 5.82 Å². The van der Waals surface area contributed by atoms with Crippen LogP contribution in [0.15, 0.2) is 28.9 Å². The van der Waals surface area contributed by atoms with Crippen molar-refractivity contribution < 1.29 is 4.42 Å². The molecule has 3 aromatic rings. The molecule has 4 heterocycles. The number of imidazole rings is 1. The van der Waals surface area contributed by atoms with Gasteiger partial charge in [0, 0.05) is 44.5 Å². The number of piperazine rings is 1. The lowest BCUT2D eigenvalue weighted by Crippen LogP contribution is -2.46. The van der Waals surface area contributed by atoms with E-state index in [4.69, 9.17) is 4.42 Å². The Labute approximate surface area is 139 Å². The Morgan fingerprint density at radius 1 is 1.08 bits per heavy atom. The molecule has 2 aliphatic rings. The summed E-state index contributed by atoms with van der Waals surface area (Å²) in [6, 6.07) is 4.05. The summed E-state index contributed by atoms with van der Waals surface area (Å²) in [5, 5.41) is 13.0. The molecule has 0 unspecified atom stereocenters. The van der Waals surface area contributed by atoms with Crippen LogP contribution in [-0.4, -0.2) is 55.9 Å². The lowest BCUT2D eigenvalue weighted by Gasteiger charge is -2.34. The summed E-state index contributed by atoms with van der Waals surface area (Å²) in [5.74, 6) is 3.08. The normalized spacial score (nSPS) is 19.2. The number of hydrogen-bond donors (Lipinski definition) is 0. The summed E-state index contributed by atoms with van der Waals surface area (Å²) in [7, 11) is 0. The zero-order valence-corrected chi connectivity index (χ0v) is 13.4. The Hall–Kier alpha value is -2.48. The third-order valence-electron chi connectivity index (χ3n) is 4.71. The molecule has 0 atom stereocenters. The highest BCUT2D eigenvalue weighted by Crippen LogP contribution is 2.39. The molecule has 1 aliphatic carbocycles. The summed E-state index contributed by atoms with van der Waals surface area (Å²) in [6.45, 7) is 4.55. The van der Waals surface area contributed by atoms with E-state index in [0.29, 0.717) is 5.92 Å². The molecule has 124 valence electrons. The SMILES string of the molecule is c1cn2nc(N3CCN(Cc4nnc(C5CC5)o4)CC3)ccc2n1. The van der Waals surface area contributed by atoms with Gasteiger partial charge in [-0.15, -0.1) is 15.3 Å². The van der Waals surface area contributed by atoms with Gasteiger partial charge in [-0.3, -0.25) is 4.90 Å². The summed E-state index contributed by atoms with van der Waals surface area (Å²) >= 11 is 0. The van der Waals surface area contributed by atoms with Gasteiger partial charge in [-0.2, -0.15) is 0 Å². The summed E-state index contributed by atoms with van der Waals surface area (Å²) in [5.41, 5.74) is 0.875. The molecule has 0 bridgehead atoms. The maximum atomic E-state index is 5.76. The minimum absolute atomic E-state index is 0.521. The van der Waals surface area contributed by atoms with Crippen LogP contribution < -0.4 is 4.90 Å². The van der Waals surface area contributed by atoms with Gasteiger partial charge >= 0.3 is 0 Å². The zero-order valence-electron chi connectivity index (χ0n) is 13.4. The van der Waals surface area contributed by atoms with Crippen LogP contribution in [0.1, 0.15) is 30.5 Å². The Morgan fingerprint density at radius 3 is 2.79 bits per heavy atom. The number of fused-ring (bicyclic) bond motifs is 1. The quantitative estimate of drug-likeness (QED) is 0.716. The van der Waals surface area contributed by atoms with Gasteiger partial charge in [0.25, 0.3) is 0 Å². The molecule has 0 radical (unpaired) electrons. The van der Waals surface area contributed by atoms with Gasteiger partial charge in [0.2, 0.25) is 11.8 Å². The van der Waals surface area contributed by atoms with Crippen LogP contribution in [0.4, 0.5) is 5.82 Å². The molecule has 1 saturated heterocycles. The fraction of sp³-hybridized carbons (Fsp3) is 0.500. The molecule has 5 rings (SSSR count). The van der Waals surface area contributed by atoms with Gasteiger partial charge in [-0.25, -0.2) is 9.50 Å².